The van der Waals surface area contributed by atoms with Crippen LogP contribution in [0.5, 0.6) is 0 Å². The molecular formula is C17H25FN6O2. The molecule has 8 nitrogen and oxygen atoms in total. The fourth-order valence-electron chi connectivity index (χ4n) is 4.05. The fourth-order valence-corrected chi connectivity index (χ4v) is 4.05. The largest absolute Gasteiger partial charge is 0.347 e. The summed E-state index contributed by atoms with van der Waals surface area (Å²) >= 11 is 0. The molecule has 0 radical (unpaired) electrons. The topological polar surface area (TPSA) is 83.4 Å². The monoisotopic (exact) mass is 364 g/mol. The number of halogens is 1. The first-order valence-corrected chi connectivity index (χ1v) is 9.35. The maximum absolute atomic E-state index is 13.1. The summed E-state index contributed by atoms with van der Waals surface area (Å²) in [6, 6.07) is -0.0315. The Morgan fingerprint density at radius 3 is 2.58 bits per heavy atom. The molecule has 1 aromatic rings. The normalized spacial score (nSPS) is 28.3. The van der Waals surface area contributed by atoms with Gasteiger partial charge < -0.3 is 14.8 Å². The molecule has 1 saturated heterocycles. The number of piperazine rings is 1. The molecule has 1 saturated carbocycles. The third-order valence-electron chi connectivity index (χ3n) is 5.54. The fraction of sp³-hybridized carbons (Fsp3) is 0.765. The summed E-state index contributed by atoms with van der Waals surface area (Å²) in [6.45, 7) is 7.23. The van der Waals surface area contributed by atoms with Crippen LogP contribution in [0.3, 0.4) is 0 Å². The van der Waals surface area contributed by atoms with E-state index in [1.807, 2.05) is 23.3 Å². The highest BCUT2D eigenvalue weighted by atomic mass is 19.1. The van der Waals surface area contributed by atoms with E-state index in [0.29, 0.717) is 38.3 Å². The van der Waals surface area contributed by atoms with Crippen LogP contribution in [0.1, 0.15) is 49.2 Å². The number of fused-ring (bicyclic) bond motifs is 3. The van der Waals surface area contributed by atoms with Gasteiger partial charge >= 0.3 is 0 Å². The maximum Gasteiger partial charge on any atom is 0.289 e. The van der Waals surface area contributed by atoms with Crippen molar-refractivity contribution < 1.29 is 14.0 Å². The summed E-state index contributed by atoms with van der Waals surface area (Å²) in [4.78, 5) is 29.0. The lowest BCUT2D eigenvalue weighted by atomic mass is 9.82. The van der Waals surface area contributed by atoms with E-state index in [2.05, 4.69) is 20.4 Å². The molecule has 2 aliphatic heterocycles. The van der Waals surface area contributed by atoms with Crippen LogP contribution in [-0.2, 0) is 11.3 Å². The molecule has 142 valence electrons. The van der Waals surface area contributed by atoms with Gasteiger partial charge in [-0.25, -0.2) is 4.39 Å². The Labute approximate surface area is 151 Å². The summed E-state index contributed by atoms with van der Waals surface area (Å²) in [5.74, 6) is 0.716. The number of carbonyl (C=O) groups excluding carboxylic acids is 2. The molecule has 4 rings (SSSR count). The number of alkyl halides is 1. The minimum absolute atomic E-state index is 0.0279. The molecular weight excluding hydrogens is 339 g/mol. The van der Waals surface area contributed by atoms with E-state index in [1.165, 1.54) is 0 Å². The van der Waals surface area contributed by atoms with Gasteiger partial charge in [0.25, 0.3) is 5.91 Å². The molecule has 26 heavy (non-hydrogen) atoms. The van der Waals surface area contributed by atoms with E-state index < -0.39 is 6.17 Å². The number of nitrogens with one attached hydrogen (secondary N) is 1. The Morgan fingerprint density at radius 2 is 1.88 bits per heavy atom. The standard InChI is InChI=1S/C17H25FN6O2/c1-10(2)19-16(25)15-21-20-14-13-9-23(17(26)11-7-12(18)8-11)4-3-22(13)5-6-24(14)15/h10-13H,3-9H2,1-2H3,(H,19,25)/t11?,12?,13-/m1/s1. The summed E-state index contributed by atoms with van der Waals surface area (Å²) in [5, 5.41) is 11.2. The first kappa shape index (κ1) is 17.4. The molecule has 2 fully saturated rings. The van der Waals surface area contributed by atoms with Crippen LogP contribution < -0.4 is 5.32 Å². The highest BCUT2D eigenvalue weighted by molar-refractivity contribution is 5.90. The van der Waals surface area contributed by atoms with Crippen molar-refractivity contribution in [1.29, 1.82) is 0 Å². The minimum Gasteiger partial charge on any atom is -0.347 e. The highest BCUT2D eigenvalue weighted by Crippen LogP contribution is 2.34. The third-order valence-corrected chi connectivity index (χ3v) is 5.54. The second-order valence-electron chi connectivity index (χ2n) is 7.76. The van der Waals surface area contributed by atoms with E-state index in [9.17, 15) is 14.0 Å². The number of carbonyl (C=O) groups is 2. The van der Waals surface area contributed by atoms with E-state index >= 15 is 0 Å². The van der Waals surface area contributed by atoms with Crippen molar-refractivity contribution in [1.82, 2.24) is 29.9 Å². The average molecular weight is 364 g/mol. The average Bonchev–Trinajstić information content (AvgIpc) is 3.02. The Balaban J connectivity index is 1.51. The lowest BCUT2D eigenvalue weighted by Gasteiger charge is -2.45. The van der Waals surface area contributed by atoms with E-state index in [1.54, 1.807) is 0 Å². The quantitative estimate of drug-likeness (QED) is 0.838. The van der Waals surface area contributed by atoms with Crippen molar-refractivity contribution in [2.45, 2.75) is 51.5 Å². The van der Waals surface area contributed by atoms with E-state index in [-0.39, 0.29) is 29.8 Å². The van der Waals surface area contributed by atoms with Crippen molar-refractivity contribution in [2.24, 2.45) is 5.92 Å². The molecule has 1 aliphatic carbocycles. The van der Waals surface area contributed by atoms with Gasteiger partial charge in [-0.3, -0.25) is 14.5 Å². The van der Waals surface area contributed by atoms with Crippen LogP contribution in [-0.4, -0.2) is 74.8 Å². The third kappa shape index (κ3) is 2.98. The van der Waals surface area contributed by atoms with Gasteiger partial charge in [0.05, 0.1) is 6.04 Å². The molecule has 0 bridgehead atoms. The first-order chi connectivity index (χ1) is 12.4. The molecule has 2 amide bonds. The Morgan fingerprint density at radius 1 is 1.15 bits per heavy atom. The van der Waals surface area contributed by atoms with Crippen LogP contribution in [0.15, 0.2) is 0 Å². The van der Waals surface area contributed by atoms with E-state index in [4.69, 9.17) is 0 Å². The van der Waals surface area contributed by atoms with Gasteiger partial charge in [0.2, 0.25) is 11.7 Å². The number of nitrogens with zero attached hydrogens (tertiary/aromatic N) is 5. The molecule has 3 heterocycles. The Kier molecular flexibility index (Phi) is 4.42. The zero-order valence-electron chi connectivity index (χ0n) is 15.2. The molecule has 3 aliphatic rings. The van der Waals surface area contributed by atoms with Crippen molar-refractivity contribution in [3.05, 3.63) is 11.6 Å². The van der Waals surface area contributed by atoms with E-state index in [0.717, 1.165) is 18.9 Å². The second kappa shape index (κ2) is 6.61. The molecule has 1 N–H and O–H groups in total. The summed E-state index contributed by atoms with van der Waals surface area (Å²) in [6.07, 6.45) is -0.135. The van der Waals surface area contributed by atoms with Gasteiger partial charge in [-0.15, -0.1) is 10.2 Å². The smallest absolute Gasteiger partial charge is 0.289 e. The molecule has 0 spiro atoms. The number of amides is 2. The van der Waals surface area contributed by atoms with Crippen molar-refractivity contribution in [3.63, 3.8) is 0 Å². The van der Waals surface area contributed by atoms with Gasteiger partial charge in [-0.1, -0.05) is 0 Å². The summed E-state index contributed by atoms with van der Waals surface area (Å²) in [5.41, 5.74) is 0. The number of hydrogen-bond donors (Lipinski definition) is 1. The molecule has 1 aromatic heterocycles. The van der Waals surface area contributed by atoms with Gasteiger partial charge in [0.1, 0.15) is 6.17 Å². The molecule has 1 atom stereocenters. The number of rotatable bonds is 3. The lowest BCUT2D eigenvalue weighted by molar-refractivity contribution is -0.144. The Bertz CT molecular complexity index is 714. The highest BCUT2D eigenvalue weighted by Gasteiger charge is 2.42. The maximum atomic E-state index is 13.1. The Hall–Kier alpha value is -2.03. The van der Waals surface area contributed by atoms with Gasteiger partial charge in [-0.05, 0) is 26.7 Å². The first-order valence-electron chi connectivity index (χ1n) is 9.35. The minimum atomic E-state index is -0.829. The summed E-state index contributed by atoms with van der Waals surface area (Å²) in [7, 11) is 0. The lowest BCUT2D eigenvalue weighted by Crippen LogP contribution is -2.55. The molecule has 9 heteroatoms. The SMILES string of the molecule is CC(C)NC(=O)c1nnc2n1CCN1CCN(C(=O)C3CC(F)C3)C[C@H]21. The zero-order chi connectivity index (χ0) is 18.4. The van der Waals surface area contributed by atoms with Crippen LogP contribution >= 0.6 is 0 Å². The number of aromatic nitrogens is 3. The van der Waals surface area contributed by atoms with Crippen LogP contribution in [0.4, 0.5) is 4.39 Å². The van der Waals surface area contributed by atoms with Gasteiger partial charge in [0.15, 0.2) is 5.82 Å². The predicted molar refractivity (Wildman–Crippen MR) is 91.1 cm³/mol. The van der Waals surface area contributed by atoms with Crippen molar-refractivity contribution >= 4 is 11.8 Å². The van der Waals surface area contributed by atoms with Crippen LogP contribution in [0.25, 0.3) is 0 Å². The van der Waals surface area contributed by atoms with Gasteiger partial charge in [0, 0.05) is 44.7 Å². The predicted octanol–water partition coefficient (Wildman–Crippen LogP) is 0.363. The second-order valence-corrected chi connectivity index (χ2v) is 7.76. The van der Waals surface area contributed by atoms with Crippen LogP contribution in [0, 0.1) is 5.92 Å². The van der Waals surface area contributed by atoms with Crippen molar-refractivity contribution in [3.8, 4) is 0 Å². The molecule has 0 unspecified atom stereocenters. The van der Waals surface area contributed by atoms with Crippen LogP contribution in [0.2, 0.25) is 0 Å². The van der Waals surface area contributed by atoms with Gasteiger partial charge in [-0.2, -0.15) is 0 Å². The number of hydrogen-bond acceptors (Lipinski definition) is 5. The zero-order valence-corrected chi connectivity index (χ0v) is 15.2. The van der Waals surface area contributed by atoms with Crippen molar-refractivity contribution in [2.75, 3.05) is 26.2 Å². The summed E-state index contributed by atoms with van der Waals surface area (Å²) < 4.78 is 15.0. The molecule has 0 aromatic carbocycles.